The predicted molar refractivity (Wildman–Crippen MR) is 201 cm³/mol. The number of rotatable bonds is 11. The SMILES string of the molecule is COc1ccc([C+](c2ccc(OC)cc2)c2ccccc2-c2ccccc2[C+](c2ccc(N(C)C)cc2)c2ccc(N(C)C)cc2)cc1. The normalized spacial score (nSPS) is 10.7. The van der Waals surface area contributed by atoms with E-state index in [1.54, 1.807) is 14.2 Å². The van der Waals surface area contributed by atoms with Gasteiger partial charge in [-0.1, -0.05) is 0 Å². The molecular weight excluding hydrogens is 588 g/mol. The van der Waals surface area contributed by atoms with E-state index in [9.17, 15) is 0 Å². The van der Waals surface area contributed by atoms with Crippen LogP contribution < -0.4 is 19.3 Å². The molecule has 0 radical (unpaired) electrons. The third-order valence-electron chi connectivity index (χ3n) is 8.79. The van der Waals surface area contributed by atoms with Crippen molar-refractivity contribution in [3.05, 3.63) is 191 Å². The average molecular weight is 631 g/mol. The molecule has 238 valence electrons. The summed E-state index contributed by atoms with van der Waals surface area (Å²) in [7, 11) is 11.7. The van der Waals surface area contributed by atoms with Crippen molar-refractivity contribution in [3.63, 3.8) is 0 Å². The average Bonchev–Trinajstić information content (AvgIpc) is 3.13. The van der Waals surface area contributed by atoms with E-state index in [2.05, 4.69) is 159 Å². The van der Waals surface area contributed by atoms with Crippen LogP contribution in [0.15, 0.2) is 146 Å². The molecule has 4 heteroatoms. The topological polar surface area (TPSA) is 24.9 Å². The van der Waals surface area contributed by atoms with Crippen LogP contribution in [0.2, 0.25) is 0 Å². The van der Waals surface area contributed by atoms with Crippen molar-refractivity contribution >= 4 is 11.4 Å². The molecule has 0 N–H and O–H groups in total. The van der Waals surface area contributed by atoms with Crippen molar-refractivity contribution in [2.45, 2.75) is 0 Å². The lowest BCUT2D eigenvalue weighted by Crippen LogP contribution is -2.12. The number of benzene rings is 6. The van der Waals surface area contributed by atoms with Crippen LogP contribution in [0.3, 0.4) is 0 Å². The van der Waals surface area contributed by atoms with Crippen molar-refractivity contribution in [2.75, 3.05) is 52.2 Å². The van der Waals surface area contributed by atoms with Crippen molar-refractivity contribution < 1.29 is 9.47 Å². The van der Waals surface area contributed by atoms with E-state index in [1.165, 1.54) is 11.5 Å². The molecule has 0 atom stereocenters. The Morgan fingerprint density at radius 1 is 0.375 bits per heavy atom. The van der Waals surface area contributed by atoms with Crippen LogP contribution >= 0.6 is 0 Å². The Kier molecular flexibility index (Phi) is 9.63. The van der Waals surface area contributed by atoms with Gasteiger partial charge in [0.25, 0.3) is 0 Å². The van der Waals surface area contributed by atoms with Gasteiger partial charge >= 0.3 is 0 Å². The van der Waals surface area contributed by atoms with Crippen molar-refractivity contribution in [1.29, 1.82) is 0 Å². The Balaban J connectivity index is 1.55. The summed E-state index contributed by atoms with van der Waals surface area (Å²) in [4.78, 5) is 4.27. The van der Waals surface area contributed by atoms with Crippen molar-refractivity contribution in [2.24, 2.45) is 0 Å². The van der Waals surface area contributed by atoms with E-state index in [0.29, 0.717) is 0 Å². The van der Waals surface area contributed by atoms with Gasteiger partial charge in [0, 0.05) is 63.8 Å². The molecule has 0 aliphatic carbocycles. The Labute approximate surface area is 285 Å². The third-order valence-corrected chi connectivity index (χ3v) is 8.79. The number of anilines is 2. The summed E-state index contributed by atoms with van der Waals surface area (Å²) in [6, 6.07) is 51.9. The Morgan fingerprint density at radius 3 is 0.958 bits per heavy atom. The van der Waals surface area contributed by atoms with Crippen molar-refractivity contribution in [1.82, 2.24) is 0 Å². The van der Waals surface area contributed by atoms with Gasteiger partial charge in [-0.25, -0.2) is 0 Å². The zero-order chi connectivity index (χ0) is 33.6. The summed E-state index contributed by atoms with van der Waals surface area (Å²) in [5, 5.41) is 0. The minimum atomic E-state index is 0.825. The minimum absolute atomic E-state index is 0.825. The maximum absolute atomic E-state index is 5.52. The van der Waals surface area contributed by atoms with Gasteiger partial charge in [0.05, 0.1) is 70.6 Å². The first kappa shape index (κ1) is 32.2. The van der Waals surface area contributed by atoms with E-state index < -0.39 is 0 Å². The first-order valence-electron chi connectivity index (χ1n) is 16.2. The summed E-state index contributed by atoms with van der Waals surface area (Å²) < 4.78 is 11.0. The number of ether oxygens (including phenoxy) is 2. The largest absolute Gasteiger partial charge is 0.496 e. The van der Waals surface area contributed by atoms with Crippen LogP contribution in [0.1, 0.15) is 33.4 Å². The lowest BCUT2D eigenvalue weighted by atomic mass is 9.77. The van der Waals surface area contributed by atoms with Crippen LogP contribution in [0, 0.1) is 11.8 Å². The van der Waals surface area contributed by atoms with Gasteiger partial charge in [-0.3, -0.25) is 0 Å². The third kappa shape index (κ3) is 6.70. The maximum Gasteiger partial charge on any atom is 0.129 e. The van der Waals surface area contributed by atoms with Crippen molar-refractivity contribution in [3.8, 4) is 22.6 Å². The van der Waals surface area contributed by atoms with Gasteiger partial charge in [-0.15, -0.1) is 0 Å². The fourth-order valence-electron chi connectivity index (χ4n) is 6.20. The minimum Gasteiger partial charge on any atom is -0.496 e. The summed E-state index contributed by atoms with van der Waals surface area (Å²) in [5.74, 6) is 3.97. The second-order valence-corrected chi connectivity index (χ2v) is 12.2. The van der Waals surface area contributed by atoms with Gasteiger partial charge in [-0.05, 0) is 121 Å². The van der Waals surface area contributed by atoms with E-state index in [0.717, 1.165) is 67.7 Å². The molecule has 0 aliphatic heterocycles. The second-order valence-electron chi connectivity index (χ2n) is 12.2. The summed E-state index contributed by atoms with van der Waals surface area (Å²) in [6.45, 7) is 0. The van der Waals surface area contributed by atoms with Crippen LogP contribution in [0.25, 0.3) is 11.1 Å². The highest BCUT2D eigenvalue weighted by Gasteiger charge is 2.31. The smallest absolute Gasteiger partial charge is 0.129 e. The van der Waals surface area contributed by atoms with E-state index in [4.69, 9.17) is 9.47 Å². The Bertz CT molecular complexity index is 1830. The van der Waals surface area contributed by atoms with Gasteiger partial charge in [-0.2, -0.15) is 0 Å². The number of nitrogens with zero attached hydrogens (tertiary/aromatic N) is 2. The molecule has 0 bridgehead atoms. The Hall–Kier alpha value is -5.74. The van der Waals surface area contributed by atoms with Crippen LogP contribution in [-0.2, 0) is 0 Å². The molecule has 6 rings (SSSR count). The maximum atomic E-state index is 5.52. The monoisotopic (exact) mass is 630 g/mol. The molecule has 0 unspecified atom stereocenters. The van der Waals surface area contributed by atoms with Gasteiger partial charge in [0.15, 0.2) is 0 Å². The molecule has 6 aromatic rings. The molecular formula is C44H42N2O2+2. The molecule has 0 fully saturated rings. The highest BCUT2D eigenvalue weighted by molar-refractivity contribution is 5.81. The number of methoxy groups -OCH3 is 2. The molecule has 0 spiro atoms. The first-order valence-corrected chi connectivity index (χ1v) is 16.2. The van der Waals surface area contributed by atoms with E-state index in [-0.39, 0.29) is 0 Å². The molecule has 0 aliphatic rings. The summed E-state index contributed by atoms with van der Waals surface area (Å²) >= 11 is 0. The van der Waals surface area contributed by atoms with Crippen LogP contribution in [0.5, 0.6) is 11.5 Å². The highest BCUT2D eigenvalue weighted by atomic mass is 16.5. The second kappa shape index (κ2) is 14.4. The molecule has 0 amide bonds. The fraction of sp³-hybridized carbons (Fsp3) is 0.136. The summed E-state index contributed by atoms with van der Waals surface area (Å²) in [6.07, 6.45) is 0. The predicted octanol–water partition coefficient (Wildman–Crippen LogP) is 9.54. The fourth-order valence-corrected chi connectivity index (χ4v) is 6.20. The first-order chi connectivity index (χ1) is 23.4. The highest BCUT2D eigenvalue weighted by Crippen LogP contribution is 2.43. The summed E-state index contributed by atoms with van der Waals surface area (Å²) in [5.41, 5.74) is 11.5. The molecule has 0 saturated heterocycles. The molecule has 0 saturated carbocycles. The molecule has 0 aromatic heterocycles. The standard InChI is InChI=1S/C44H42N2O2/c1-45(2)35-23-15-31(16-24-35)43(32-17-25-36(26-18-32)46(3)4)41-13-9-7-11-39(41)40-12-8-10-14-42(40)44(33-19-27-37(47-5)28-20-33)34-21-29-38(48-6)30-22-34/h7-30H,1-6H3/q+2. The van der Waals surface area contributed by atoms with E-state index >= 15 is 0 Å². The molecule has 48 heavy (non-hydrogen) atoms. The molecule has 0 heterocycles. The zero-order valence-electron chi connectivity index (χ0n) is 28.6. The van der Waals surface area contributed by atoms with Gasteiger partial charge in [0.2, 0.25) is 0 Å². The quantitative estimate of drug-likeness (QED) is 0.105. The lowest BCUT2D eigenvalue weighted by Gasteiger charge is -2.21. The molecule has 4 nitrogen and oxygen atoms in total. The van der Waals surface area contributed by atoms with Gasteiger partial charge in [0.1, 0.15) is 11.5 Å². The zero-order valence-corrected chi connectivity index (χ0v) is 28.6. The molecule has 6 aromatic carbocycles. The van der Waals surface area contributed by atoms with Crippen LogP contribution in [-0.4, -0.2) is 42.4 Å². The number of hydrogen-bond donors (Lipinski definition) is 0. The number of hydrogen-bond acceptors (Lipinski definition) is 4. The lowest BCUT2D eigenvalue weighted by molar-refractivity contribution is 0.414. The van der Waals surface area contributed by atoms with Crippen LogP contribution in [0.4, 0.5) is 11.4 Å². The Morgan fingerprint density at radius 2 is 0.667 bits per heavy atom. The van der Waals surface area contributed by atoms with Gasteiger partial charge < -0.3 is 19.3 Å². The van der Waals surface area contributed by atoms with E-state index in [1.807, 2.05) is 24.3 Å².